The van der Waals surface area contributed by atoms with Crippen LogP contribution in [0, 0.1) is 6.92 Å². The highest BCUT2D eigenvalue weighted by Gasteiger charge is 2.26. The van der Waals surface area contributed by atoms with Crippen LogP contribution in [0.5, 0.6) is 0 Å². The van der Waals surface area contributed by atoms with Crippen molar-refractivity contribution in [1.82, 2.24) is 19.6 Å². The molecule has 0 saturated carbocycles. The first kappa shape index (κ1) is 15.8. The van der Waals surface area contributed by atoms with Crippen molar-refractivity contribution in [2.45, 2.75) is 25.7 Å². The number of carbonyl (C=O) groups is 1. The number of piperidine rings is 1. The molecule has 1 aromatic heterocycles. The zero-order valence-corrected chi connectivity index (χ0v) is 13.1. The average molecular weight is 312 g/mol. The first-order chi connectivity index (χ1) is 9.85. The van der Waals surface area contributed by atoms with Crippen molar-refractivity contribution in [3.63, 3.8) is 0 Å². The standard InChI is InChI=1S/C13H20N4O3S/c1-10-6-14-7-12(16-10)11-4-3-5-17(9-11)13(18)8-15-21(2,19)20/h6-7,11,15H,3-5,8-9H2,1-2H3/t11-/m1/s1. The lowest BCUT2D eigenvalue weighted by Gasteiger charge is -2.32. The van der Waals surface area contributed by atoms with Crippen LogP contribution in [0.25, 0.3) is 0 Å². The van der Waals surface area contributed by atoms with Crippen LogP contribution in [0.3, 0.4) is 0 Å². The fourth-order valence-electron chi connectivity index (χ4n) is 2.43. The summed E-state index contributed by atoms with van der Waals surface area (Å²) >= 11 is 0. The van der Waals surface area contributed by atoms with E-state index in [4.69, 9.17) is 0 Å². The number of rotatable bonds is 4. The van der Waals surface area contributed by atoms with Crippen LogP contribution in [0.15, 0.2) is 12.4 Å². The molecule has 1 aliphatic rings. The maximum absolute atomic E-state index is 12.1. The molecule has 1 aliphatic heterocycles. The number of carbonyl (C=O) groups excluding carboxylic acids is 1. The van der Waals surface area contributed by atoms with Gasteiger partial charge >= 0.3 is 0 Å². The quantitative estimate of drug-likeness (QED) is 0.847. The third kappa shape index (κ3) is 4.75. The van der Waals surface area contributed by atoms with Gasteiger partial charge in [0.05, 0.1) is 24.2 Å². The second-order valence-corrected chi connectivity index (χ2v) is 7.19. The molecule has 7 nitrogen and oxygen atoms in total. The second-order valence-electron chi connectivity index (χ2n) is 5.36. The summed E-state index contributed by atoms with van der Waals surface area (Å²) < 4.78 is 24.3. The van der Waals surface area contributed by atoms with Crippen molar-refractivity contribution >= 4 is 15.9 Å². The summed E-state index contributed by atoms with van der Waals surface area (Å²) in [6.45, 7) is 2.91. The summed E-state index contributed by atoms with van der Waals surface area (Å²) in [6.07, 6.45) is 6.32. The Morgan fingerprint density at radius 1 is 1.48 bits per heavy atom. The third-order valence-electron chi connectivity index (χ3n) is 3.45. The van der Waals surface area contributed by atoms with Crippen molar-refractivity contribution in [1.29, 1.82) is 0 Å². The Hall–Kier alpha value is -1.54. The van der Waals surface area contributed by atoms with Gasteiger partial charge in [-0.2, -0.15) is 0 Å². The lowest BCUT2D eigenvalue weighted by molar-refractivity contribution is -0.131. The number of sulfonamides is 1. The Morgan fingerprint density at radius 3 is 2.90 bits per heavy atom. The number of aromatic nitrogens is 2. The van der Waals surface area contributed by atoms with Crippen LogP contribution in [0.4, 0.5) is 0 Å². The molecule has 0 aliphatic carbocycles. The molecule has 21 heavy (non-hydrogen) atoms. The molecule has 1 atom stereocenters. The van der Waals surface area contributed by atoms with Gasteiger partial charge in [-0.05, 0) is 19.8 Å². The summed E-state index contributed by atoms with van der Waals surface area (Å²) in [5.74, 6) is -0.0425. The van der Waals surface area contributed by atoms with Crippen LogP contribution in [0.2, 0.25) is 0 Å². The fourth-order valence-corrected chi connectivity index (χ4v) is 2.81. The van der Waals surface area contributed by atoms with E-state index in [1.807, 2.05) is 6.92 Å². The number of nitrogens with zero attached hydrogens (tertiary/aromatic N) is 3. The number of aryl methyl sites for hydroxylation is 1. The van der Waals surface area contributed by atoms with Gasteiger partial charge in [-0.25, -0.2) is 13.1 Å². The van der Waals surface area contributed by atoms with Crippen molar-refractivity contribution < 1.29 is 13.2 Å². The van der Waals surface area contributed by atoms with Crippen molar-refractivity contribution in [2.24, 2.45) is 0 Å². The van der Waals surface area contributed by atoms with E-state index in [1.54, 1.807) is 17.3 Å². The molecule has 1 amide bonds. The molecule has 1 saturated heterocycles. The number of likely N-dealkylation sites (tertiary alicyclic amines) is 1. The maximum Gasteiger partial charge on any atom is 0.237 e. The fraction of sp³-hybridized carbons (Fsp3) is 0.615. The zero-order valence-electron chi connectivity index (χ0n) is 12.2. The molecular weight excluding hydrogens is 292 g/mol. The molecule has 0 unspecified atom stereocenters. The molecule has 0 aromatic carbocycles. The first-order valence-electron chi connectivity index (χ1n) is 6.86. The molecule has 0 radical (unpaired) electrons. The van der Waals surface area contributed by atoms with Crippen molar-refractivity contribution in [2.75, 3.05) is 25.9 Å². The number of hydrogen-bond acceptors (Lipinski definition) is 5. The molecule has 116 valence electrons. The monoisotopic (exact) mass is 312 g/mol. The zero-order chi connectivity index (χ0) is 15.5. The van der Waals surface area contributed by atoms with Crippen LogP contribution in [-0.2, 0) is 14.8 Å². The van der Waals surface area contributed by atoms with Crippen LogP contribution in [0.1, 0.15) is 30.1 Å². The van der Waals surface area contributed by atoms with E-state index in [1.165, 1.54) is 0 Å². The SMILES string of the molecule is Cc1cncc([C@@H]2CCCN(C(=O)CNS(C)(=O)=O)C2)n1. The lowest BCUT2D eigenvalue weighted by Crippen LogP contribution is -2.44. The van der Waals surface area contributed by atoms with Gasteiger partial charge in [-0.3, -0.25) is 14.8 Å². The molecule has 8 heteroatoms. The molecule has 0 bridgehead atoms. The number of amides is 1. The van der Waals surface area contributed by atoms with Crippen LogP contribution >= 0.6 is 0 Å². The smallest absolute Gasteiger partial charge is 0.237 e. The van der Waals surface area contributed by atoms with E-state index in [0.29, 0.717) is 13.1 Å². The molecule has 1 fully saturated rings. The van der Waals surface area contributed by atoms with E-state index >= 15 is 0 Å². The predicted octanol–water partition coefficient (Wildman–Crippen LogP) is 0.0402. The highest BCUT2D eigenvalue weighted by molar-refractivity contribution is 7.88. The average Bonchev–Trinajstić information content (AvgIpc) is 2.44. The predicted molar refractivity (Wildman–Crippen MR) is 78.2 cm³/mol. The highest BCUT2D eigenvalue weighted by atomic mass is 32.2. The minimum Gasteiger partial charge on any atom is -0.341 e. The van der Waals surface area contributed by atoms with Gasteiger partial charge in [0.25, 0.3) is 0 Å². The third-order valence-corrected chi connectivity index (χ3v) is 4.12. The minimum absolute atomic E-state index is 0.160. The van der Waals surface area contributed by atoms with E-state index in [2.05, 4.69) is 14.7 Å². The van der Waals surface area contributed by atoms with Gasteiger partial charge in [0.1, 0.15) is 0 Å². The first-order valence-corrected chi connectivity index (χ1v) is 8.75. The van der Waals surface area contributed by atoms with E-state index in [0.717, 1.165) is 30.5 Å². The summed E-state index contributed by atoms with van der Waals surface area (Å²) in [4.78, 5) is 22.3. The van der Waals surface area contributed by atoms with E-state index < -0.39 is 10.0 Å². The molecule has 1 N–H and O–H groups in total. The highest BCUT2D eigenvalue weighted by Crippen LogP contribution is 2.25. The summed E-state index contributed by atoms with van der Waals surface area (Å²) in [6, 6.07) is 0. The van der Waals surface area contributed by atoms with Gasteiger partial charge in [-0.1, -0.05) is 0 Å². The molecule has 2 rings (SSSR count). The largest absolute Gasteiger partial charge is 0.341 e. The van der Waals surface area contributed by atoms with Gasteiger partial charge < -0.3 is 4.90 Å². The van der Waals surface area contributed by atoms with E-state index in [9.17, 15) is 13.2 Å². The molecule has 0 spiro atoms. The van der Waals surface area contributed by atoms with Crippen molar-refractivity contribution in [3.8, 4) is 0 Å². The van der Waals surface area contributed by atoms with Gasteiger partial charge in [-0.15, -0.1) is 0 Å². The summed E-state index contributed by atoms with van der Waals surface area (Å²) in [5.41, 5.74) is 1.75. The number of nitrogens with one attached hydrogen (secondary N) is 1. The van der Waals surface area contributed by atoms with Crippen molar-refractivity contribution in [3.05, 3.63) is 23.8 Å². The molecule has 2 heterocycles. The van der Waals surface area contributed by atoms with Gasteiger partial charge in [0.2, 0.25) is 15.9 Å². The molecule has 1 aromatic rings. The maximum atomic E-state index is 12.1. The van der Waals surface area contributed by atoms with E-state index in [-0.39, 0.29) is 18.4 Å². The van der Waals surface area contributed by atoms with Crippen LogP contribution < -0.4 is 4.72 Å². The number of hydrogen-bond donors (Lipinski definition) is 1. The topological polar surface area (TPSA) is 92.3 Å². The Labute approximate surface area is 124 Å². The van der Waals surface area contributed by atoms with Crippen LogP contribution in [-0.4, -0.2) is 55.1 Å². The lowest BCUT2D eigenvalue weighted by atomic mass is 9.95. The molecular formula is C13H20N4O3S. The Morgan fingerprint density at radius 2 is 2.24 bits per heavy atom. The van der Waals surface area contributed by atoms with Gasteiger partial charge in [0, 0.05) is 31.4 Å². The Kier molecular flexibility index (Phi) is 4.89. The Bertz CT molecular complexity index is 618. The Balaban J connectivity index is 1.99. The summed E-state index contributed by atoms with van der Waals surface area (Å²) in [7, 11) is -3.35. The summed E-state index contributed by atoms with van der Waals surface area (Å²) in [5, 5.41) is 0. The minimum atomic E-state index is -3.35. The second kappa shape index (κ2) is 6.48. The normalized spacial score (nSPS) is 19.5. The van der Waals surface area contributed by atoms with Gasteiger partial charge in [0.15, 0.2) is 0 Å².